The number of aliphatic hydroxyl groups excluding tert-OH is 1. The van der Waals surface area contributed by atoms with Gasteiger partial charge < -0.3 is 15.2 Å². The number of allylic oxidation sites excluding steroid dienone is 1. The molecule has 1 atom stereocenters. The van der Waals surface area contributed by atoms with E-state index in [1.54, 1.807) is 6.08 Å². The van der Waals surface area contributed by atoms with E-state index in [4.69, 9.17) is 4.74 Å². The van der Waals surface area contributed by atoms with Gasteiger partial charge in [-0.05, 0) is 15.9 Å². The van der Waals surface area contributed by atoms with E-state index < -0.39 is 6.10 Å². The number of hydrogen-bond donors (Lipinski definition) is 2. The van der Waals surface area contributed by atoms with Gasteiger partial charge in [-0.1, -0.05) is 6.08 Å². The summed E-state index contributed by atoms with van der Waals surface area (Å²) in [5.41, 5.74) is 0.289. The maximum absolute atomic E-state index is 11.8. The van der Waals surface area contributed by atoms with E-state index in [0.717, 1.165) is 0 Å². The van der Waals surface area contributed by atoms with E-state index in [1.807, 2.05) is 0 Å². The van der Waals surface area contributed by atoms with E-state index >= 15 is 0 Å². The molecule has 1 heterocycles. The summed E-state index contributed by atoms with van der Waals surface area (Å²) in [6.45, 7) is 4.41. The topological polar surface area (TPSA) is 76.4 Å². The van der Waals surface area contributed by atoms with Crippen molar-refractivity contribution >= 4 is 21.6 Å². The van der Waals surface area contributed by atoms with Crippen LogP contribution in [0.5, 0.6) is 0 Å². The molecule has 0 aliphatic carbocycles. The van der Waals surface area contributed by atoms with Crippen molar-refractivity contribution in [1.29, 1.82) is 0 Å². The Hall–Kier alpha value is -1.18. The molecule has 0 fully saturated rings. The van der Waals surface area contributed by atoms with E-state index in [0.29, 0.717) is 16.7 Å². The highest BCUT2D eigenvalue weighted by Gasteiger charge is 2.09. The predicted octanol–water partition coefficient (Wildman–Crippen LogP) is 0.611. The quantitative estimate of drug-likeness (QED) is 0.721. The minimum atomic E-state index is -0.641. The first-order chi connectivity index (χ1) is 8.60. The van der Waals surface area contributed by atoms with Gasteiger partial charge in [0, 0.05) is 13.7 Å². The lowest BCUT2D eigenvalue weighted by Gasteiger charge is -2.13. The molecule has 0 saturated heterocycles. The normalized spacial score (nSPS) is 12.2. The summed E-state index contributed by atoms with van der Waals surface area (Å²) < 4.78 is 6.47. The van der Waals surface area contributed by atoms with Crippen LogP contribution in [0, 0.1) is 0 Å². The number of methoxy groups -OCH3 is 1. The van der Waals surface area contributed by atoms with Gasteiger partial charge in [0.15, 0.2) is 0 Å². The molecule has 1 aromatic heterocycles. The SMILES string of the molecule is C=CCn1ncc(NCC(O)COC)c(Br)c1=O. The second-order valence-corrected chi connectivity index (χ2v) is 4.43. The van der Waals surface area contributed by atoms with Gasteiger partial charge in [0.2, 0.25) is 0 Å². The van der Waals surface area contributed by atoms with Crippen molar-refractivity contribution in [3.05, 3.63) is 33.7 Å². The molecule has 1 unspecified atom stereocenters. The van der Waals surface area contributed by atoms with Crippen LogP contribution in [0.3, 0.4) is 0 Å². The Morgan fingerprint density at radius 2 is 2.50 bits per heavy atom. The third-order valence-corrected chi connectivity index (χ3v) is 2.94. The van der Waals surface area contributed by atoms with Crippen LogP contribution in [0.2, 0.25) is 0 Å². The Bertz CT molecular complexity index is 461. The van der Waals surface area contributed by atoms with Gasteiger partial charge in [-0.25, -0.2) is 4.68 Å². The van der Waals surface area contributed by atoms with Crippen LogP contribution in [-0.4, -0.2) is 41.3 Å². The molecule has 0 saturated carbocycles. The first kappa shape index (κ1) is 14.9. The Balaban J connectivity index is 2.76. The zero-order valence-electron chi connectivity index (χ0n) is 10.1. The van der Waals surface area contributed by atoms with E-state index in [9.17, 15) is 9.90 Å². The number of ether oxygens (including phenoxy) is 1. The Labute approximate surface area is 113 Å². The molecule has 6 nitrogen and oxygen atoms in total. The second kappa shape index (κ2) is 7.30. The number of nitrogens with zero attached hydrogens (tertiary/aromatic N) is 2. The molecule has 7 heteroatoms. The summed E-state index contributed by atoms with van der Waals surface area (Å²) in [6.07, 6.45) is 2.47. The van der Waals surface area contributed by atoms with Crippen LogP contribution in [0.4, 0.5) is 5.69 Å². The van der Waals surface area contributed by atoms with Gasteiger partial charge >= 0.3 is 0 Å². The van der Waals surface area contributed by atoms with Gasteiger partial charge in [-0.2, -0.15) is 5.10 Å². The first-order valence-corrected chi connectivity index (χ1v) is 6.16. The van der Waals surface area contributed by atoms with Gasteiger partial charge in [0.05, 0.1) is 31.1 Å². The Morgan fingerprint density at radius 1 is 1.78 bits per heavy atom. The fourth-order valence-corrected chi connectivity index (χ4v) is 1.77. The third-order valence-electron chi connectivity index (χ3n) is 2.17. The summed E-state index contributed by atoms with van der Waals surface area (Å²) in [6, 6.07) is 0. The first-order valence-electron chi connectivity index (χ1n) is 5.37. The highest BCUT2D eigenvalue weighted by atomic mass is 79.9. The molecular weight excluding hydrogens is 302 g/mol. The molecule has 0 aliphatic heterocycles. The fraction of sp³-hybridized carbons (Fsp3) is 0.455. The monoisotopic (exact) mass is 317 g/mol. The highest BCUT2D eigenvalue weighted by Crippen LogP contribution is 2.15. The van der Waals surface area contributed by atoms with Gasteiger partial charge in [-0.3, -0.25) is 4.79 Å². The summed E-state index contributed by atoms with van der Waals surface area (Å²) >= 11 is 3.21. The average molecular weight is 318 g/mol. The minimum absolute atomic E-state index is 0.228. The van der Waals surface area contributed by atoms with Crippen LogP contribution in [-0.2, 0) is 11.3 Å². The molecule has 1 rings (SSSR count). The highest BCUT2D eigenvalue weighted by molar-refractivity contribution is 9.10. The molecule has 0 spiro atoms. The molecular formula is C11H16BrN3O3. The second-order valence-electron chi connectivity index (χ2n) is 3.64. The maximum Gasteiger partial charge on any atom is 0.283 e. The molecule has 100 valence electrons. The molecule has 2 N–H and O–H groups in total. The summed E-state index contributed by atoms with van der Waals surface area (Å²) in [5.74, 6) is 0. The van der Waals surface area contributed by atoms with Crippen molar-refractivity contribution in [2.75, 3.05) is 25.6 Å². The van der Waals surface area contributed by atoms with Gasteiger partial charge in [0.1, 0.15) is 4.47 Å². The number of nitrogens with one attached hydrogen (secondary N) is 1. The number of aromatic nitrogens is 2. The van der Waals surface area contributed by atoms with Crippen LogP contribution >= 0.6 is 15.9 Å². The van der Waals surface area contributed by atoms with Crippen LogP contribution < -0.4 is 10.9 Å². The number of anilines is 1. The van der Waals surface area contributed by atoms with Crippen molar-refractivity contribution in [3.8, 4) is 0 Å². The molecule has 0 radical (unpaired) electrons. The van der Waals surface area contributed by atoms with Crippen LogP contribution in [0.1, 0.15) is 0 Å². The summed E-state index contributed by atoms with van der Waals surface area (Å²) in [5, 5.41) is 16.4. The van der Waals surface area contributed by atoms with E-state index in [-0.39, 0.29) is 18.7 Å². The molecule has 1 aromatic rings. The lowest BCUT2D eigenvalue weighted by molar-refractivity contribution is 0.0727. The summed E-state index contributed by atoms with van der Waals surface area (Å²) in [7, 11) is 1.51. The molecule has 0 amide bonds. The fourth-order valence-electron chi connectivity index (χ4n) is 1.32. The van der Waals surface area contributed by atoms with E-state index in [2.05, 4.69) is 32.9 Å². The van der Waals surface area contributed by atoms with Crippen molar-refractivity contribution in [2.24, 2.45) is 0 Å². The number of aliphatic hydroxyl groups is 1. The zero-order chi connectivity index (χ0) is 13.5. The number of rotatable bonds is 7. The maximum atomic E-state index is 11.8. The number of hydrogen-bond acceptors (Lipinski definition) is 5. The third kappa shape index (κ3) is 3.94. The average Bonchev–Trinajstić information content (AvgIpc) is 2.35. The van der Waals surface area contributed by atoms with Crippen molar-refractivity contribution in [2.45, 2.75) is 12.6 Å². The molecule has 0 aliphatic rings. The lowest BCUT2D eigenvalue weighted by atomic mass is 10.3. The summed E-state index contributed by atoms with van der Waals surface area (Å²) in [4.78, 5) is 11.8. The molecule has 18 heavy (non-hydrogen) atoms. The smallest absolute Gasteiger partial charge is 0.283 e. The van der Waals surface area contributed by atoms with Crippen molar-refractivity contribution in [3.63, 3.8) is 0 Å². The van der Waals surface area contributed by atoms with Crippen LogP contribution in [0.25, 0.3) is 0 Å². The minimum Gasteiger partial charge on any atom is -0.389 e. The molecule has 0 bridgehead atoms. The standard InChI is InChI=1S/C11H16BrN3O3/c1-3-4-15-11(17)10(12)9(6-14-15)13-5-8(16)7-18-2/h3,6,8,13,16H,1,4-5,7H2,2H3. The number of halogens is 1. The van der Waals surface area contributed by atoms with Gasteiger partial charge in [-0.15, -0.1) is 6.58 Å². The van der Waals surface area contributed by atoms with Crippen molar-refractivity contribution in [1.82, 2.24) is 9.78 Å². The van der Waals surface area contributed by atoms with Crippen molar-refractivity contribution < 1.29 is 9.84 Å². The Kier molecular flexibility index (Phi) is 6.03. The zero-order valence-corrected chi connectivity index (χ0v) is 11.7. The van der Waals surface area contributed by atoms with E-state index in [1.165, 1.54) is 18.0 Å². The van der Waals surface area contributed by atoms with Crippen LogP contribution in [0.15, 0.2) is 28.1 Å². The lowest BCUT2D eigenvalue weighted by Crippen LogP contribution is -2.27. The predicted molar refractivity (Wildman–Crippen MR) is 72.8 cm³/mol. The van der Waals surface area contributed by atoms with Gasteiger partial charge in [0.25, 0.3) is 5.56 Å². The molecule has 0 aromatic carbocycles. The Morgan fingerprint density at radius 3 is 3.11 bits per heavy atom. The largest absolute Gasteiger partial charge is 0.389 e.